The van der Waals surface area contributed by atoms with E-state index in [2.05, 4.69) is 38.1 Å². The summed E-state index contributed by atoms with van der Waals surface area (Å²) in [5.41, 5.74) is 2.74. The molecule has 0 bridgehead atoms. The molecule has 0 nitrogen and oxygen atoms in total. The molecule has 0 unspecified atom stereocenters. The first-order valence-electron chi connectivity index (χ1n) is 2.83. The summed E-state index contributed by atoms with van der Waals surface area (Å²) in [5.74, 6) is 0. The average Bonchev–Trinajstić information content (AvgIpc) is 1.77. The number of benzene rings is 1. The van der Waals surface area contributed by atoms with E-state index < -0.39 is 0 Å². The molecule has 1 rings (SSSR count). The third-order valence-corrected chi connectivity index (χ3v) is 1.43. The van der Waals surface area contributed by atoms with Gasteiger partial charge in [0.05, 0.1) is 0 Å². The van der Waals surface area contributed by atoms with Gasteiger partial charge in [0, 0.05) is 0 Å². The predicted octanol–water partition coefficient (Wildman–Crippen LogP) is -0.580. The van der Waals surface area contributed by atoms with Gasteiger partial charge in [-0.15, -0.1) is 0 Å². The molecule has 0 amide bonds. The van der Waals surface area contributed by atoms with Crippen LogP contribution >= 0.6 is 0 Å². The van der Waals surface area contributed by atoms with E-state index in [9.17, 15) is 0 Å². The molecule has 0 saturated carbocycles. The molecule has 1 heteroatoms. The van der Waals surface area contributed by atoms with Crippen LogP contribution < -0.4 is 51.4 Å². The van der Waals surface area contributed by atoms with Crippen molar-refractivity contribution >= 4 is 0 Å². The van der Waals surface area contributed by atoms with Gasteiger partial charge in [0.15, 0.2) is 0 Å². The van der Waals surface area contributed by atoms with Crippen LogP contribution in [0.4, 0.5) is 0 Å². The SMILES string of the molecule is Cc1ccccc1C.[H-].[K+]. The monoisotopic (exact) mass is 146 g/mol. The molecule has 0 heterocycles. The van der Waals surface area contributed by atoms with Crippen molar-refractivity contribution in [2.24, 2.45) is 0 Å². The largest absolute Gasteiger partial charge is 1.00 e. The quantitative estimate of drug-likeness (QED) is 0.430. The summed E-state index contributed by atoms with van der Waals surface area (Å²) in [6.07, 6.45) is 0. The molecule has 0 fully saturated rings. The van der Waals surface area contributed by atoms with Crippen molar-refractivity contribution in [1.82, 2.24) is 0 Å². The van der Waals surface area contributed by atoms with E-state index in [1.165, 1.54) is 11.1 Å². The molecule has 0 saturated heterocycles. The van der Waals surface area contributed by atoms with E-state index in [1.807, 2.05) is 0 Å². The standard InChI is InChI=1S/C8H10.K.H/c1-7-5-3-4-6-8(7)2;;/h3-6H,1-2H3;;/q;+1;-1. The van der Waals surface area contributed by atoms with Gasteiger partial charge in [-0.3, -0.25) is 0 Å². The smallest absolute Gasteiger partial charge is 1.00 e. The first-order valence-corrected chi connectivity index (χ1v) is 2.83. The van der Waals surface area contributed by atoms with Crippen LogP contribution in [-0.4, -0.2) is 0 Å². The molecule has 0 aliphatic rings. The normalized spacial score (nSPS) is 8.22. The van der Waals surface area contributed by atoms with Crippen LogP contribution in [0.15, 0.2) is 24.3 Å². The topological polar surface area (TPSA) is 0 Å². The van der Waals surface area contributed by atoms with Crippen molar-refractivity contribution in [2.75, 3.05) is 0 Å². The van der Waals surface area contributed by atoms with E-state index >= 15 is 0 Å². The van der Waals surface area contributed by atoms with Crippen molar-refractivity contribution < 1.29 is 52.8 Å². The second kappa shape index (κ2) is 4.64. The van der Waals surface area contributed by atoms with Gasteiger partial charge in [-0.2, -0.15) is 0 Å². The second-order valence-corrected chi connectivity index (χ2v) is 2.08. The Balaban J connectivity index is 0. The van der Waals surface area contributed by atoms with Gasteiger partial charge in [-0.25, -0.2) is 0 Å². The van der Waals surface area contributed by atoms with E-state index in [0.717, 1.165) is 0 Å². The fourth-order valence-electron chi connectivity index (χ4n) is 0.663. The van der Waals surface area contributed by atoms with Crippen molar-refractivity contribution in [3.63, 3.8) is 0 Å². The summed E-state index contributed by atoms with van der Waals surface area (Å²) in [6, 6.07) is 8.36. The van der Waals surface area contributed by atoms with Gasteiger partial charge >= 0.3 is 51.4 Å². The van der Waals surface area contributed by atoms with Crippen molar-refractivity contribution in [3.8, 4) is 0 Å². The van der Waals surface area contributed by atoms with Gasteiger partial charge in [-0.1, -0.05) is 24.3 Å². The molecule has 1 aromatic carbocycles. The summed E-state index contributed by atoms with van der Waals surface area (Å²) in [7, 11) is 0. The zero-order valence-corrected chi connectivity index (χ0v) is 9.43. The molecular weight excluding hydrogens is 135 g/mol. The van der Waals surface area contributed by atoms with Crippen molar-refractivity contribution in [3.05, 3.63) is 35.4 Å². The molecular formula is C8H11K. The summed E-state index contributed by atoms with van der Waals surface area (Å²) in [5, 5.41) is 0. The van der Waals surface area contributed by atoms with Crippen molar-refractivity contribution in [2.45, 2.75) is 13.8 Å². The molecule has 0 atom stereocenters. The Labute approximate surface area is 101 Å². The summed E-state index contributed by atoms with van der Waals surface area (Å²) in [6.45, 7) is 4.24. The van der Waals surface area contributed by atoms with E-state index in [-0.39, 0.29) is 52.8 Å². The van der Waals surface area contributed by atoms with Crippen LogP contribution in [-0.2, 0) is 0 Å². The summed E-state index contributed by atoms with van der Waals surface area (Å²) in [4.78, 5) is 0. The van der Waals surface area contributed by atoms with Gasteiger partial charge < -0.3 is 1.43 Å². The molecule has 0 aromatic heterocycles. The molecule has 0 N–H and O–H groups in total. The third-order valence-electron chi connectivity index (χ3n) is 1.43. The Morgan fingerprint density at radius 3 is 1.56 bits per heavy atom. The first kappa shape index (κ1) is 9.86. The van der Waals surface area contributed by atoms with Crippen LogP contribution in [0.25, 0.3) is 0 Å². The zero-order valence-electron chi connectivity index (χ0n) is 7.31. The molecule has 44 valence electrons. The summed E-state index contributed by atoms with van der Waals surface area (Å²) < 4.78 is 0. The minimum Gasteiger partial charge on any atom is -1.00 e. The number of hydrogen-bond donors (Lipinski definition) is 0. The van der Waals surface area contributed by atoms with Crippen LogP contribution in [0, 0.1) is 13.8 Å². The van der Waals surface area contributed by atoms with Gasteiger partial charge in [-0.05, 0) is 25.0 Å². The van der Waals surface area contributed by atoms with Crippen LogP contribution in [0.3, 0.4) is 0 Å². The fraction of sp³-hybridized carbons (Fsp3) is 0.250. The van der Waals surface area contributed by atoms with E-state index in [4.69, 9.17) is 0 Å². The van der Waals surface area contributed by atoms with Crippen molar-refractivity contribution in [1.29, 1.82) is 0 Å². The third kappa shape index (κ3) is 2.96. The fourth-order valence-corrected chi connectivity index (χ4v) is 0.663. The minimum atomic E-state index is 0. The summed E-state index contributed by atoms with van der Waals surface area (Å²) >= 11 is 0. The Morgan fingerprint density at radius 1 is 1.00 bits per heavy atom. The maximum Gasteiger partial charge on any atom is 1.00 e. The predicted molar refractivity (Wildman–Crippen MR) is 37.0 cm³/mol. The van der Waals surface area contributed by atoms with Crippen LogP contribution in [0.2, 0.25) is 0 Å². The number of aryl methyl sites for hydroxylation is 2. The molecule has 0 radical (unpaired) electrons. The minimum absolute atomic E-state index is 0. The van der Waals surface area contributed by atoms with Gasteiger partial charge in [0.25, 0.3) is 0 Å². The Hall–Kier alpha value is 0.856. The maximum absolute atomic E-state index is 2.12. The Bertz CT molecular complexity index is 165. The maximum atomic E-state index is 2.12. The average molecular weight is 146 g/mol. The molecule has 1 aromatic rings. The van der Waals surface area contributed by atoms with Crippen LogP contribution in [0.1, 0.15) is 12.6 Å². The zero-order chi connectivity index (χ0) is 5.98. The Morgan fingerprint density at radius 2 is 1.33 bits per heavy atom. The molecule has 0 aliphatic carbocycles. The number of hydrogen-bond acceptors (Lipinski definition) is 0. The van der Waals surface area contributed by atoms with Gasteiger partial charge in [0.2, 0.25) is 0 Å². The Kier molecular flexibility index (Phi) is 5.08. The molecule has 9 heavy (non-hydrogen) atoms. The molecule has 0 spiro atoms. The van der Waals surface area contributed by atoms with Crippen LogP contribution in [0.5, 0.6) is 0 Å². The first-order chi connectivity index (χ1) is 3.80. The van der Waals surface area contributed by atoms with Gasteiger partial charge in [0.1, 0.15) is 0 Å². The second-order valence-electron chi connectivity index (χ2n) is 2.08. The van der Waals surface area contributed by atoms with E-state index in [0.29, 0.717) is 0 Å². The number of rotatable bonds is 0. The van der Waals surface area contributed by atoms with E-state index in [1.54, 1.807) is 0 Å². The molecule has 0 aliphatic heterocycles.